The maximum absolute atomic E-state index is 13.1. The summed E-state index contributed by atoms with van der Waals surface area (Å²) in [6.45, 7) is 0. The van der Waals surface area contributed by atoms with Gasteiger partial charge in [-0.3, -0.25) is 10.1 Å². The zero-order valence-corrected chi connectivity index (χ0v) is 15.4. The smallest absolute Gasteiger partial charge is 0.295 e. The van der Waals surface area contributed by atoms with Gasteiger partial charge >= 0.3 is 0 Å². The molecule has 0 aliphatic heterocycles. The number of rotatable bonds is 5. The van der Waals surface area contributed by atoms with Crippen LogP contribution in [0.2, 0.25) is 0 Å². The number of halogens is 1. The highest BCUT2D eigenvalue weighted by molar-refractivity contribution is 7.14. The largest absolute Gasteiger partial charge is 0.481 e. The summed E-state index contributed by atoms with van der Waals surface area (Å²) < 4.78 is 23.5. The fourth-order valence-electron chi connectivity index (χ4n) is 2.49. The minimum absolute atomic E-state index is 0.0165. The third kappa shape index (κ3) is 3.60. The molecule has 0 spiro atoms. The van der Waals surface area contributed by atoms with Crippen molar-refractivity contribution in [1.82, 2.24) is 15.0 Å². The summed E-state index contributed by atoms with van der Waals surface area (Å²) in [4.78, 5) is 25.3. The number of hydrogen-bond acceptors (Lipinski definition) is 7. The van der Waals surface area contributed by atoms with Gasteiger partial charge in [0.05, 0.1) is 12.8 Å². The monoisotopic (exact) mass is 396 g/mol. The number of thiazole rings is 1. The van der Waals surface area contributed by atoms with Gasteiger partial charge in [-0.2, -0.15) is 0 Å². The van der Waals surface area contributed by atoms with E-state index >= 15 is 0 Å². The lowest BCUT2D eigenvalue weighted by atomic mass is 10.1. The van der Waals surface area contributed by atoms with E-state index in [2.05, 4.69) is 20.3 Å². The second-order valence-corrected chi connectivity index (χ2v) is 6.45. The summed E-state index contributed by atoms with van der Waals surface area (Å²) in [6.07, 6.45) is 1.17. The number of aromatic nitrogens is 3. The van der Waals surface area contributed by atoms with Crippen LogP contribution in [0, 0.1) is 5.82 Å². The molecule has 0 aliphatic carbocycles. The average Bonchev–Trinajstić information content (AvgIpc) is 3.38. The first-order valence-corrected chi connectivity index (χ1v) is 9.00. The van der Waals surface area contributed by atoms with Gasteiger partial charge in [0.15, 0.2) is 11.5 Å². The maximum atomic E-state index is 13.1. The molecule has 0 unspecified atom stereocenters. The second kappa shape index (κ2) is 7.57. The Bertz CT molecular complexity index is 1120. The first-order chi connectivity index (χ1) is 13.6. The molecule has 0 bridgehead atoms. The van der Waals surface area contributed by atoms with E-state index in [0.29, 0.717) is 33.7 Å². The molecule has 0 aliphatic rings. The molecule has 3 heterocycles. The highest BCUT2D eigenvalue weighted by Gasteiger charge is 2.20. The van der Waals surface area contributed by atoms with Crippen LogP contribution in [0.3, 0.4) is 0 Å². The van der Waals surface area contributed by atoms with E-state index in [-0.39, 0.29) is 11.6 Å². The number of carbonyl (C=O) groups excluding carboxylic acids is 1. The maximum Gasteiger partial charge on any atom is 0.295 e. The van der Waals surface area contributed by atoms with E-state index in [1.54, 1.807) is 17.5 Å². The van der Waals surface area contributed by atoms with Crippen LogP contribution in [-0.4, -0.2) is 28.0 Å². The summed E-state index contributed by atoms with van der Waals surface area (Å²) in [5, 5.41) is 4.84. The predicted octanol–water partition coefficient (Wildman–Crippen LogP) is 4.26. The Labute approximate surface area is 162 Å². The first kappa shape index (κ1) is 17.8. The Kier molecular flexibility index (Phi) is 4.81. The van der Waals surface area contributed by atoms with Gasteiger partial charge in [0.25, 0.3) is 5.91 Å². The zero-order chi connectivity index (χ0) is 19.5. The standard InChI is InChI=1S/C19H13FN4O3S/c1-26-15-4-2-3-13(22-15)14-9-28-19(23-14)24-18(25)17-16(21-10-27-17)11-5-7-12(20)8-6-11/h2-10H,1H3,(H,23,24,25). The predicted molar refractivity (Wildman–Crippen MR) is 102 cm³/mol. The molecule has 140 valence electrons. The van der Waals surface area contributed by atoms with Gasteiger partial charge in [0.2, 0.25) is 11.6 Å². The molecular formula is C19H13FN4O3S. The SMILES string of the molecule is COc1cccc(-c2csc(NC(=O)c3ocnc3-c3ccc(F)cc3)n2)n1. The number of carbonyl (C=O) groups is 1. The molecule has 28 heavy (non-hydrogen) atoms. The minimum atomic E-state index is -0.503. The van der Waals surface area contributed by atoms with E-state index in [9.17, 15) is 9.18 Å². The fourth-order valence-corrected chi connectivity index (χ4v) is 3.19. The molecule has 9 heteroatoms. The summed E-state index contributed by atoms with van der Waals surface area (Å²) in [6, 6.07) is 11.0. The zero-order valence-electron chi connectivity index (χ0n) is 14.5. The number of methoxy groups -OCH3 is 1. The van der Waals surface area contributed by atoms with Crippen LogP contribution < -0.4 is 10.1 Å². The van der Waals surface area contributed by atoms with Gasteiger partial charge in [-0.15, -0.1) is 11.3 Å². The van der Waals surface area contributed by atoms with Crippen molar-refractivity contribution in [2.75, 3.05) is 12.4 Å². The highest BCUT2D eigenvalue weighted by atomic mass is 32.1. The highest BCUT2D eigenvalue weighted by Crippen LogP contribution is 2.27. The van der Waals surface area contributed by atoms with Crippen LogP contribution in [0.5, 0.6) is 5.88 Å². The van der Waals surface area contributed by atoms with Gasteiger partial charge in [0.1, 0.15) is 17.2 Å². The molecule has 0 saturated heterocycles. The minimum Gasteiger partial charge on any atom is -0.481 e. The van der Waals surface area contributed by atoms with E-state index in [1.165, 1.54) is 49.1 Å². The Morgan fingerprint density at radius 1 is 1.14 bits per heavy atom. The topological polar surface area (TPSA) is 90.1 Å². The van der Waals surface area contributed by atoms with Crippen molar-refractivity contribution >= 4 is 22.4 Å². The van der Waals surface area contributed by atoms with Crippen LogP contribution in [0.4, 0.5) is 9.52 Å². The first-order valence-electron chi connectivity index (χ1n) is 8.12. The molecule has 1 aromatic carbocycles. The van der Waals surface area contributed by atoms with Crippen molar-refractivity contribution in [2.24, 2.45) is 0 Å². The lowest BCUT2D eigenvalue weighted by Crippen LogP contribution is -2.12. The van der Waals surface area contributed by atoms with Crippen molar-refractivity contribution in [3.63, 3.8) is 0 Å². The Hall–Kier alpha value is -3.59. The Balaban J connectivity index is 1.55. The number of hydrogen-bond donors (Lipinski definition) is 1. The number of nitrogens with zero attached hydrogens (tertiary/aromatic N) is 3. The van der Waals surface area contributed by atoms with Crippen molar-refractivity contribution in [3.05, 3.63) is 65.8 Å². The van der Waals surface area contributed by atoms with E-state index in [0.717, 1.165) is 0 Å². The fraction of sp³-hybridized carbons (Fsp3) is 0.0526. The van der Waals surface area contributed by atoms with Gasteiger partial charge in [0, 0.05) is 17.0 Å². The average molecular weight is 396 g/mol. The van der Waals surface area contributed by atoms with Crippen LogP contribution in [0.1, 0.15) is 10.6 Å². The molecular weight excluding hydrogens is 383 g/mol. The Morgan fingerprint density at radius 2 is 1.96 bits per heavy atom. The van der Waals surface area contributed by atoms with Gasteiger partial charge in [-0.05, 0) is 30.3 Å². The van der Waals surface area contributed by atoms with Crippen molar-refractivity contribution in [3.8, 4) is 28.5 Å². The molecule has 7 nitrogen and oxygen atoms in total. The summed E-state index contributed by atoms with van der Waals surface area (Å²) >= 11 is 1.25. The molecule has 4 rings (SSSR count). The second-order valence-electron chi connectivity index (χ2n) is 5.59. The summed E-state index contributed by atoms with van der Waals surface area (Å²) in [5.41, 5.74) is 2.13. The van der Waals surface area contributed by atoms with Crippen LogP contribution >= 0.6 is 11.3 Å². The lowest BCUT2D eigenvalue weighted by molar-refractivity contribution is 0.0997. The van der Waals surface area contributed by atoms with Crippen molar-refractivity contribution in [2.45, 2.75) is 0 Å². The van der Waals surface area contributed by atoms with E-state index < -0.39 is 5.91 Å². The van der Waals surface area contributed by atoms with E-state index in [1.807, 2.05) is 6.07 Å². The van der Waals surface area contributed by atoms with Crippen LogP contribution in [0.15, 0.2) is 58.7 Å². The molecule has 1 amide bonds. The van der Waals surface area contributed by atoms with Gasteiger partial charge < -0.3 is 9.15 Å². The van der Waals surface area contributed by atoms with Gasteiger partial charge in [-0.25, -0.2) is 19.3 Å². The molecule has 0 atom stereocenters. The third-order valence-electron chi connectivity index (χ3n) is 3.81. The molecule has 0 fully saturated rings. The van der Waals surface area contributed by atoms with E-state index in [4.69, 9.17) is 9.15 Å². The number of oxazole rings is 1. The number of pyridine rings is 1. The molecule has 4 aromatic rings. The van der Waals surface area contributed by atoms with Crippen molar-refractivity contribution in [1.29, 1.82) is 0 Å². The lowest BCUT2D eigenvalue weighted by Gasteiger charge is -2.02. The number of nitrogens with one attached hydrogen (secondary N) is 1. The quantitative estimate of drug-likeness (QED) is 0.542. The molecule has 0 radical (unpaired) electrons. The summed E-state index contributed by atoms with van der Waals surface area (Å²) in [7, 11) is 1.54. The molecule has 0 saturated carbocycles. The summed E-state index contributed by atoms with van der Waals surface area (Å²) in [5.74, 6) is -0.388. The third-order valence-corrected chi connectivity index (χ3v) is 4.57. The number of benzene rings is 1. The normalized spacial score (nSPS) is 10.6. The number of anilines is 1. The van der Waals surface area contributed by atoms with Gasteiger partial charge in [-0.1, -0.05) is 6.07 Å². The molecule has 3 aromatic heterocycles. The number of amides is 1. The van der Waals surface area contributed by atoms with Crippen LogP contribution in [-0.2, 0) is 0 Å². The number of ether oxygens (including phenoxy) is 1. The van der Waals surface area contributed by atoms with Crippen molar-refractivity contribution < 1.29 is 18.3 Å². The van der Waals surface area contributed by atoms with Crippen LogP contribution in [0.25, 0.3) is 22.6 Å². The Morgan fingerprint density at radius 3 is 2.75 bits per heavy atom. The molecule has 1 N–H and O–H groups in total.